The normalized spacial score (nSPS) is 20.8. The number of amides is 1. The second kappa shape index (κ2) is 6.88. The molecule has 6 heteroatoms. The number of rotatable bonds is 3. The van der Waals surface area contributed by atoms with Gasteiger partial charge in [0, 0.05) is 38.8 Å². The number of carbonyl (C=O) groups is 1. The van der Waals surface area contributed by atoms with Gasteiger partial charge in [-0.25, -0.2) is 0 Å². The second-order valence-electron chi connectivity index (χ2n) is 6.85. The molecule has 2 aliphatic heterocycles. The second-order valence-corrected chi connectivity index (χ2v) is 6.85. The molecule has 2 aromatic rings. The number of fused-ring (bicyclic) bond motifs is 1. The Kier molecular flexibility index (Phi) is 4.44. The number of ether oxygens (including phenoxy) is 1. The predicted octanol–water partition coefficient (Wildman–Crippen LogP) is 2.02. The highest BCUT2D eigenvalue weighted by atomic mass is 16.5. The fourth-order valence-corrected chi connectivity index (χ4v) is 3.57. The number of aromatic nitrogens is 1. The largest absolute Gasteiger partial charge is 0.480 e. The molecule has 0 saturated carbocycles. The van der Waals surface area contributed by atoms with Crippen LogP contribution in [0.15, 0.2) is 35.1 Å². The highest BCUT2D eigenvalue weighted by molar-refractivity contribution is 5.81. The summed E-state index contributed by atoms with van der Waals surface area (Å²) in [5.41, 5.74) is 3.37. The van der Waals surface area contributed by atoms with Gasteiger partial charge in [-0.2, -0.15) is 0 Å². The maximum absolute atomic E-state index is 12.8. The monoisotopic (exact) mass is 341 g/mol. The molecule has 1 aromatic heterocycles. The highest BCUT2D eigenvalue weighted by Gasteiger charge is 2.31. The minimum Gasteiger partial charge on any atom is -0.480 e. The van der Waals surface area contributed by atoms with Gasteiger partial charge in [0.15, 0.2) is 6.10 Å². The van der Waals surface area contributed by atoms with Crippen molar-refractivity contribution in [3.8, 4) is 5.75 Å². The van der Waals surface area contributed by atoms with E-state index in [0.29, 0.717) is 0 Å². The van der Waals surface area contributed by atoms with Crippen LogP contribution in [0, 0.1) is 6.92 Å². The fourth-order valence-electron chi connectivity index (χ4n) is 3.57. The number of aryl methyl sites for hydroxylation is 2. The Balaban J connectivity index is 1.32. The van der Waals surface area contributed by atoms with Crippen LogP contribution in [0.2, 0.25) is 0 Å². The average Bonchev–Trinajstić information content (AvgIpc) is 3.14. The molecule has 3 heterocycles. The van der Waals surface area contributed by atoms with Crippen LogP contribution in [0.3, 0.4) is 0 Å². The summed E-state index contributed by atoms with van der Waals surface area (Å²) in [7, 11) is 0. The zero-order chi connectivity index (χ0) is 17.2. The van der Waals surface area contributed by atoms with E-state index in [1.54, 1.807) is 6.26 Å². The van der Waals surface area contributed by atoms with Crippen molar-refractivity contribution in [2.75, 3.05) is 26.2 Å². The van der Waals surface area contributed by atoms with Crippen molar-refractivity contribution in [2.45, 2.75) is 32.4 Å². The quantitative estimate of drug-likeness (QED) is 0.855. The summed E-state index contributed by atoms with van der Waals surface area (Å²) in [6.07, 6.45) is 2.90. The van der Waals surface area contributed by atoms with E-state index in [0.717, 1.165) is 57.0 Å². The third kappa shape index (κ3) is 3.54. The van der Waals surface area contributed by atoms with Gasteiger partial charge in [-0.1, -0.05) is 22.9 Å². The first-order chi connectivity index (χ1) is 12.2. The molecule has 1 atom stereocenters. The summed E-state index contributed by atoms with van der Waals surface area (Å²) in [4.78, 5) is 17.0. The van der Waals surface area contributed by atoms with Crippen molar-refractivity contribution in [3.05, 3.63) is 47.3 Å². The van der Waals surface area contributed by atoms with Gasteiger partial charge in [-0.05, 0) is 31.4 Å². The lowest BCUT2D eigenvalue weighted by molar-refractivity contribution is -0.141. The molecule has 2 aliphatic rings. The Morgan fingerprint density at radius 3 is 2.84 bits per heavy atom. The molecular weight excluding hydrogens is 318 g/mol. The molecule has 6 nitrogen and oxygen atoms in total. The van der Waals surface area contributed by atoms with Crippen LogP contribution in [0.25, 0.3) is 0 Å². The molecule has 0 aliphatic carbocycles. The number of hydrogen-bond donors (Lipinski definition) is 0. The van der Waals surface area contributed by atoms with E-state index >= 15 is 0 Å². The van der Waals surface area contributed by atoms with Crippen molar-refractivity contribution in [1.29, 1.82) is 0 Å². The van der Waals surface area contributed by atoms with Crippen LogP contribution in [-0.2, 0) is 17.8 Å². The molecule has 1 aromatic carbocycles. The molecule has 4 rings (SSSR count). The van der Waals surface area contributed by atoms with Crippen molar-refractivity contribution in [2.24, 2.45) is 0 Å². The Bertz CT molecular complexity index is 736. The molecule has 0 spiro atoms. The smallest absolute Gasteiger partial charge is 0.263 e. The van der Waals surface area contributed by atoms with Gasteiger partial charge in [-0.15, -0.1) is 0 Å². The molecule has 0 N–H and O–H groups in total. The lowest BCUT2D eigenvalue weighted by Gasteiger charge is -2.37. The third-order valence-electron chi connectivity index (χ3n) is 5.00. The zero-order valence-corrected chi connectivity index (χ0v) is 14.5. The lowest BCUT2D eigenvalue weighted by atomic mass is 9.99. The molecule has 1 saturated heterocycles. The van der Waals surface area contributed by atoms with Crippen LogP contribution >= 0.6 is 0 Å². The van der Waals surface area contributed by atoms with E-state index in [1.807, 2.05) is 23.1 Å². The minimum atomic E-state index is -0.350. The first kappa shape index (κ1) is 16.1. The molecule has 1 fully saturated rings. The Morgan fingerprint density at radius 1 is 1.24 bits per heavy atom. The first-order valence-corrected chi connectivity index (χ1v) is 8.85. The highest BCUT2D eigenvalue weighted by Crippen LogP contribution is 2.29. The van der Waals surface area contributed by atoms with Gasteiger partial charge < -0.3 is 14.2 Å². The summed E-state index contributed by atoms with van der Waals surface area (Å²) in [6.45, 7) is 6.01. The topological polar surface area (TPSA) is 58.8 Å². The summed E-state index contributed by atoms with van der Waals surface area (Å²) in [5, 5.41) is 3.95. The Labute approximate surface area is 147 Å². The van der Waals surface area contributed by atoms with Crippen molar-refractivity contribution < 1.29 is 14.1 Å². The van der Waals surface area contributed by atoms with Gasteiger partial charge in [-0.3, -0.25) is 9.69 Å². The number of piperazine rings is 1. The number of carbonyl (C=O) groups excluding carboxylic acids is 1. The lowest BCUT2D eigenvalue weighted by Crippen LogP contribution is -2.52. The molecule has 0 unspecified atom stereocenters. The van der Waals surface area contributed by atoms with E-state index in [1.165, 1.54) is 11.1 Å². The van der Waals surface area contributed by atoms with Crippen LogP contribution in [-0.4, -0.2) is 53.1 Å². The van der Waals surface area contributed by atoms with E-state index in [9.17, 15) is 4.79 Å². The van der Waals surface area contributed by atoms with Crippen LogP contribution in [0.5, 0.6) is 5.75 Å². The molecule has 25 heavy (non-hydrogen) atoms. The first-order valence-electron chi connectivity index (χ1n) is 8.85. The summed E-state index contributed by atoms with van der Waals surface area (Å²) in [6, 6.07) is 8.06. The van der Waals surface area contributed by atoms with E-state index in [-0.39, 0.29) is 12.0 Å². The summed E-state index contributed by atoms with van der Waals surface area (Å²) >= 11 is 0. The third-order valence-corrected chi connectivity index (χ3v) is 5.00. The van der Waals surface area contributed by atoms with Gasteiger partial charge in [0.25, 0.3) is 5.91 Å². The average molecular weight is 341 g/mol. The van der Waals surface area contributed by atoms with Crippen molar-refractivity contribution >= 4 is 5.91 Å². The minimum absolute atomic E-state index is 0.118. The van der Waals surface area contributed by atoms with Gasteiger partial charge in [0.05, 0.1) is 5.69 Å². The molecule has 0 radical (unpaired) electrons. The van der Waals surface area contributed by atoms with Gasteiger partial charge >= 0.3 is 0 Å². The number of nitrogens with zero attached hydrogens (tertiary/aromatic N) is 3. The zero-order valence-electron chi connectivity index (χ0n) is 14.5. The van der Waals surface area contributed by atoms with Gasteiger partial charge in [0.2, 0.25) is 0 Å². The SMILES string of the molecule is Cc1ccc2c(c1)CC[C@@H](C(=O)N1CCN(Cc3ccon3)CC1)O2. The molecular formula is C19H23N3O3. The molecule has 0 bridgehead atoms. The number of benzene rings is 1. The Hall–Kier alpha value is -2.34. The maximum Gasteiger partial charge on any atom is 0.263 e. The van der Waals surface area contributed by atoms with Crippen LogP contribution < -0.4 is 4.74 Å². The van der Waals surface area contributed by atoms with Crippen molar-refractivity contribution in [3.63, 3.8) is 0 Å². The fraction of sp³-hybridized carbons (Fsp3) is 0.474. The maximum atomic E-state index is 12.8. The Morgan fingerprint density at radius 2 is 2.08 bits per heavy atom. The summed E-state index contributed by atoms with van der Waals surface area (Å²) in [5.74, 6) is 0.979. The van der Waals surface area contributed by atoms with Crippen LogP contribution in [0.4, 0.5) is 0 Å². The number of hydrogen-bond acceptors (Lipinski definition) is 5. The van der Waals surface area contributed by atoms with Gasteiger partial charge in [0.1, 0.15) is 12.0 Å². The standard InChI is InChI=1S/C19H23N3O3/c1-14-2-4-17-15(12-14)3-5-18(25-17)19(23)22-9-7-21(8-10-22)13-16-6-11-24-20-16/h2,4,6,11-12,18H,3,5,7-10,13H2,1H3/t18-/m0/s1. The molecule has 132 valence electrons. The van der Waals surface area contributed by atoms with E-state index in [4.69, 9.17) is 9.26 Å². The summed E-state index contributed by atoms with van der Waals surface area (Å²) < 4.78 is 10.9. The van der Waals surface area contributed by atoms with E-state index in [2.05, 4.69) is 23.0 Å². The molecule has 1 amide bonds. The van der Waals surface area contributed by atoms with Crippen molar-refractivity contribution in [1.82, 2.24) is 15.0 Å². The predicted molar refractivity (Wildman–Crippen MR) is 92.3 cm³/mol. The van der Waals surface area contributed by atoms with E-state index < -0.39 is 0 Å². The van der Waals surface area contributed by atoms with Crippen LogP contribution in [0.1, 0.15) is 23.2 Å².